The molecule has 0 saturated carbocycles. The van der Waals surface area contributed by atoms with Crippen LogP contribution >= 0.6 is 15.9 Å². The highest BCUT2D eigenvalue weighted by Crippen LogP contribution is 2.27. The number of unbranched alkanes of at least 4 members (excludes halogenated alkanes) is 2. The summed E-state index contributed by atoms with van der Waals surface area (Å²) >= 11 is 3.50. The van der Waals surface area contributed by atoms with Crippen molar-refractivity contribution < 1.29 is 5.11 Å². The van der Waals surface area contributed by atoms with Gasteiger partial charge in [0.1, 0.15) is 0 Å². The molecule has 0 aliphatic carbocycles. The van der Waals surface area contributed by atoms with Gasteiger partial charge in [0.15, 0.2) is 0 Å². The maximum absolute atomic E-state index is 9.99. The molecule has 15 heavy (non-hydrogen) atoms. The van der Waals surface area contributed by atoms with Crippen LogP contribution < -0.4 is 0 Å². The van der Waals surface area contributed by atoms with Crippen molar-refractivity contribution in [3.63, 3.8) is 0 Å². The molecule has 1 nitrogen and oxygen atoms in total. The van der Waals surface area contributed by atoms with Crippen molar-refractivity contribution in [3.05, 3.63) is 33.8 Å². The fraction of sp³-hybridized carbons (Fsp3) is 0.538. The number of benzene rings is 1. The number of aliphatic hydroxyl groups is 1. The van der Waals surface area contributed by atoms with E-state index < -0.39 is 0 Å². The van der Waals surface area contributed by atoms with Crippen LogP contribution in [0.15, 0.2) is 22.7 Å². The second-order valence-electron chi connectivity index (χ2n) is 4.04. The van der Waals surface area contributed by atoms with Gasteiger partial charge in [-0.15, -0.1) is 0 Å². The molecule has 0 heterocycles. The number of aryl methyl sites for hydroxylation is 1. The van der Waals surface area contributed by atoms with E-state index in [1.165, 1.54) is 18.4 Å². The molecule has 2 heteroatoms. The SMILES string of the molecule is CCCCCC(O)c1ccc(C)cc1Br. The molecule has 0 amide bonds. The molecule has 0 aliphatic heterocycles. The number of hydrogen-bond donors (Lipinski definition) is 1. The van der Waals surface area contributed by atoms with Gasteiger partial charge in [-0.2, -0.15) is 0 Å². The van der Waals surface area contributed by atoms with Gasteiger partial charge in [-0.25, -0.2) is 0 Å². The van der Waals surface area contributed by atoms with E-state index in [2.05, 4.69) is 35.8 Å². The van der Waals surface area contributed by atoms with E-state index in [-0.39, 0.29) is 6.10 Å². The summed E-state index contributed by atoms with van der Waals surface area (Å²) in [5.41, 5.74) is 2.23. The third-order valence-corrected chi connectivity index (χ3v) is 3.28. The Morgan fingerprint density at radius 3 is 2.67 bits per heavy atom. The molecule has 1 N–H and O–H groups in total. The Kier molecular flexibility index (Phi) is 5.34. The topological polar surface area (TPSA) is 20.2 Å². The van der Waals surface area contributed by atoms with E-state index in [4.69, 9.17) is 0 Å². The van der Waals surface area contributed by atoms with Gasteiger partial charge in [0.2, 0.25) is 0 Å². The van der Waals surface area contributed by atoms with Gasteiger partial charge in [0.25, 0.3) is 0 Å². The molecule has 0 spiro atoms. The minimum absolute atomic E-state index is 0.327. The van der Waals surface area contributed by atoms with Crippen molar-refractivity contribution in [2.75, 3.05) is 0 Å². The number of aliphatic hydroxyl groups excluding tert-OH is 1. The molecule has 0 aliphatic rings. The lowest BCUT2D eigenvalue weighted by Gasteiger charge is -2.13. The third-order valence-electron chi connectivity index (χ3n) is 2.60. The highest BCUT2D eigenvalue weighted by molar-refractivity contribution is 9.10. The molecule has 0 saturated heterocycles. The largest absolute Gasteiger partial charge is 0.388 e. The van der Waals surface area contributed by atoms with Gasteiger partial charge in [-0.1, -0.05) is 54.2 Å². The molecule has 1 atom stereocenters. The summed E-state index contributed by atoms with van der Waals surface area (Å²) in [4.78, 5) is 0. The predicted molar refractivity (Wildman–Crippen MR) is 68.0 cm³/mol. The lowest BCUT2D eigenvalue weighted by Crippen LogP contribution is -1.98. The van der Waals surface area contributed by atoms with Gasteiger partial charge in [-0.05, 0) is 30.5 Å². The third kappa shape index (κ3) is 3.96. The fourth-order valence-corrected chi connectivity index (χ4v) is 2.40. The van der Waals surface area contributed by atoms with E-state index in [1.807, 2.05) is 12.1 Å². The van der Waals surface area contributed by atoms with Crippen molar-refractivity contribution in [2.45, 2.75) is 45.6 Å². The van der Waals surface area contributed by atoms with E-state index in [9.17, 15) is 5.11 Å². The highest BCUT2D eigenvalue weighted by Gasteiger charge is 2.10. The lowest BCUT2D eigenvalue weighted by atomic mass is 10.0. The zero-order chi connectivity index (χ0) is 11.3. The Balaban J connectivity index is 2.61. The summed E-state index contributed by atoms with van der Waals surface area (Å²) in [6.07, 6.45) is 4.02. The van der Waals surface area contributed by atoms with Crippen LogP contribution in [0.3, 0.4) is 0 Å². The smallest absolute Gasteiger partial charge is 0.0800 e. The molecule has 0 radical (unpaired) electrons. The summed E-state index contributed by atoms with van der Waals surface area (Å²) in [6.45, 7) is 4.23. The van der Waals surface area contributed by atoms with Gasteiger partial charge in [0, 0.05) is 4.47 Å². The van der Waals surface area contributed by atoms with E-state index in [0.717, 1.165) is 22.9 Å². The maximum atomic E-state index is 9.99. The summed E-state index contributed by atoms with van der Waals surface area (Å²) in [5.74, 6) is 0. The van der Waals surface area contributed by atoms with Crippen LogP contribution in [0.2, 0.25) is 0 Å². The minimum Gasteiger partial charge on any atom is -0.388 e. The molecule has 0 aromatic heterocycles. The average molecular weight is 271 g/mol. The van der Waals surface area contributed by atoms with E-state index in [1.54, 1.807) is 0 Å². The maximum Gasteiger partial charge on any atom is 0.0800 e. The van der Waals surface area contributed by atoms with Crippen molar-refractivity contribution in [1.82, 2.24) is 0 Å². The molecule has 1 rings (SSSR count). The number of rotatable bonds is 5. The van der Waals surface area contributed by atoms with Crippen LogP contribution in [0, 0.1) is 6.92 Å². The predicted octanol–water partition coefficient (Wildman–Crippen LogP) is 4.37. The Hall–Kier alpha value is -0.340. The Labute approximate surface area is 101 Å². The van der Waals surface area contributed by atoms with Crippen LogP contribution in [-0.4, -0.2) is 5.11 Å². The molecular weight excluding hydrogens is 252 g/mol. The van der Waals surface area contributed by atoms with Crippen molar-refractivity contribution in [2.24, 2.45) is 0 Å². The Bertz CT molecular complexity index is 309. The van der Waals surface area contributed by atoms with Crippen molar-refractivity contribution in [1.29, 1.82) is 0 Å². The number of hydrogen-bond acceptors (Lipinski definition) is 1. The summed E-state index contributed by atoms with van der Waals surface area (Å²) < 4.78 is 1.02. The first-order chi connectivity index (χ1) is 7.15. The summed E-state index contributed by atoms with van der Waals surface area (Å²) in [7, 11) is 0. The summed E-state index contributed by atoms with van der Waals surface area (Å²) in [5, 5.41) is 9.99. The van der Waals surface area contributed by atoms with Gasteiger partial charge in [0.05, 0.1) is 6.10 Å². The Morgan fingerprint density at radius 2 is 2.07 bits per heavy atom. The van der Waals surface area contributed by atoms with Crippen LogP contribution in [0.5, 0.6) is 0 Å². The lowest BCUT2D eigenvalue weighted by molar-refractivity contribution is 0.163. The first-order valence-corrected chi connectivity index (χ1v) is 6.38. The fourth-order valence-electron chi connectivity index (χ4n) is 1.65. The number of halogens is 1. The molecule has 0 bridgehead atoms. The average Bonchev–Trinajstić information content (AvgIpc) is 2.17. The van der Waals surface area contributed by atoms with Crippen LogP contribution in [-0.2, 0) is 0 Å². The van der Waals surface area contributed by atoms with Crippen LogP contribution in [0.1, 0.15) is 49.8 Å². The molecule has 1 aromatic rings. The van der Waals surface area contributed by atoms with Crippen molar-refractivity contribution in [3.8, 4) is 0 Å². The Morgan fingerprint density at radius 1 is 1.33 bits per heavy atom. The highest BCUT2D eigenvalue weighted by atomic mass is 79.9. The van der Waals surface area contributed by atoms with Gasteiger partial charge >= 0.3 is 0 Å². The molecule has 0 fully saturated rings. The first kappa shape index (κ1) is 12.7. The zero-order valence-electron chi connectivity index (χ0n) is 9.46. The van der Waals surface area contributed by atoms with Gasteiger partial charge in [-0.3, -0.25) is 0 Å². The van der Waals surface area contributed by atoms with E-state index >= 15 is 0 Å². The molecule has 84 valence electrons. The zero-order valence-corrected chi connectivity index (χ0v) is 11.0. The second kappa shape index (κ2) is 6.29. The van der Waals surface area contributed by atoms with Crippen LogP contribution in [0.25, 0.3) is 0 Å². The molecular formula is C13H19BrO. The first-order valence-electron chi connectivity index (χ1n) is 5.59. The normalized spacial score (nSPS) is 12.8. The standard InChI is InChI=1S/C13H19BrO/c1-3-4-5-6-13(15)11-8-7-10(2)9-12(11)14/h7-9,13,15H,3-6H2,1-2H3. The second-order valence-corrected chi connectivity index (χ2v) is 4.89. The molecule has 1 unspecified atom stereocenters. The van der Waals surface area contributed by atoms with E-state index in [0.29, 0.717) is 0 Å². The minimum atomic E-state index is -0.327. The quantitative estimate of drug-likeness (QED) is 0.788. The van der Waals surface area contributed by atoms with Gasteiger partial charge < -0.3 is 5.11 Å². The van der Waals surface area contributed by atoms with Crippen LogP contribution in [0.4, 0.5) is 0 Å². The van der Waals surface area contributed by atoms with Crippen molar-refractivity contribution >= 4 is 15.9 Å². The monoisotopic (exact) mass is 270 g/mol. The molecule has 1 aromatic carbocycles. The summed E-state index contributed by atoms with van der Waals surface area (Å²) in [6, 6.07) is 6.11.